The Bertz CT molecular complexity index is 1030. The van der Waals surface area contributed by atoms with Crippen LogP contribution in [0.1, 0.15) is 25.2 Å². The van der Waals surface area contributed by atoms with E-state index in [2.05, 4.69) is 25.7 Å². The van der Waals surface area contributed by atoms with Crippen LogP contribution in [0, 0.1) is 5.82 Å². The Balaban J connectivity index is 1.31. The van der Waals surface area contributed by atoms with Crippen molar-refractivity contribution in [3.05, 3.63) is 59.2 Å². The molecule has 0 spiro atoms. The first-order chi connectivity index (χ1) is 15.1. The molecule has 1 aliphatic rings. The topological polar surface area (TPSA) is 83.3 Å². The Labute approximate surface area is 184 Å². The molecular weight excluding hydrogens is 421 g/mol. The smallest absolute Gasteiger partial charge is 0.323 e. The van der Waals surface area contributed by atoms with Crippen molar-refractivity contribution in [2.24, 2.45) is 0 Å². The van der Waals surface area contributed by atoms with Gasteiger partial charge in [0.25, 0.3) is 0 Å². The first-order valence-corrected chi connectivity index (χ1v) is 10.6. The summed E-state index contributed by atoms with van der Waals surface area (Å²) in [6, 6.07) is 10.6. The van der Waals surface area contributed by atoms with E-state index in [-0.39, 0.29) is 5.02 Å². The number of hydrogen-bond donors (Lipinski definition) is 2. The van der Waals surface area contributed by atoms with Crippen molar-refractivity contribution in [1.82, 2.24) is 15.0 Å². The van der Waals surface area contributed by atoms with Gasteiger partial charge in [0.05, 0.1) is 5.02 Å². The quantitative estimate of drug-likeness (QED) is 0.547. The Morgan fingerprint density at radius 1 is 1.06 bits per heavy atom. The molecule has 7 nitrogen and oxygen atoms in total. The van der Waals surface area contributed by atoms with Crippen LogP contribution in [0.5, 0.6) is 0 Å². The third-order valence-corrected chi connectivity index (χ3v) is 5.43. The molecule has 2 aromatic carbocycles. The summed E-state index contributed by atoms with van der Waals surface area (Å²) in [7, 11) is 0. The maximum absolute atomic E-state index is 13.2. The van der Waals surface area contributed by atoms with Gasteiger partial charge in [-0.2, -0.15) is 4.98 Å². The maximum Gasteiger partial charge on any atom is 0.323 e. The van der Waals surface area contributed by atoms with Crippen LogP contribution < -0.4 is 10.6 Å². The van der Waals surface area contributed by atoms with Gasteiger partial charge in [-0.05, 0) is 68.4 Å². The number of likely N-dealkylation sites (tertiary alicyclic amines) is 1. The van der Waals surface area contributed by atoms with E-state index in [0.717, 1.165) is 31.6 Å². The molecule has 0 aliphatic carbocycles. The van der Waals surface area contributed by atoms with Crippen molar-refractivity contribution >= 4 is 29.0 Å². The molecule has 0 radical (unpaired) electrons. The van der Waals surface area contributed by atoms with E-state index in [4.69, 9.17) is 16.1 Å². The number of nitrogens with one attached hydrogen (secondary N) is 2. The van der Waals surface area contributed by atoms with E-state index in [9.17, 15) is 9.18 Å². The van der Waals surface area contributed by atoms with Crippen LogP contribution in [0.15, 0.2) is 47.0 Å². The zero-order valence-corrected chi connectivity index (χ0v) is 17.7. The molecule has 3 aromatic rings. The van der Waals surface area contributed by atoms with Gasteiger partial charge in [0.15, 0.2) is 0 Å². The fourth-order valence-corrected chi connectivity index (χ4v) is 3.66. The first-order valence-electron chi connectivity index (χ1n) is 10.3. The Morgan fingerprint density at radius 3 is 2.52 bits per heavy atom. The Morgan fingerprint density at radius 2 is 1.77 bits per heavy atom. The lowest BCUT2D eigenvalue weighted by Crippen LogP contribution is -2.31. The van der Waals surface area contributed by atoms with Gasteiger partial charge in [-0.3, -0.25) is 0 Å². The fraction of sp³-hybridized carbons (Fsp3) is 0.318. The van der Waals surface area contributed by atoms with E-state index in [1.165, 1.54) is 37.5 Å². The summed E-state index contributed by atoms with van der Waals surface area (Å²) in [4.78, 5) is 19.0. The number of carbonyl (C=O) groups is 1. The molecule has 0 bridgehead atoms. The van der Waals surface area contributed by atoms with Gasteiger partial charge in [-0.15, -0.1) is 0 Å². The van der Waals surface area contributed by atoms with Crippen LogP contribution in [0.3, 0.4) is 0 Å². The molecule has 31 heavy (non-hydrogen) atoms. The largest absolute Gasteiger partial charge is 0.339 e. The molecule has 2 heterocycles. The average molecular weight is 444 g/mol. The predicted octanol–water partition coefficient (Wildman–Crippen LogP) is 5.20. The third kappa shape index (κ3) is 5.80. The molecule has 1 saturated heterocycles. The predicted molar refractivity (Wildman–Crippen MR) is 118 cm³/mol. The molecule has 0 saturated carbocycles. The second-order valence-electron chi connectivity index (χ2n) is 7.45. The maximum atomic E-state index is 13.2. The normalized spacial score (nSPS) is 14.4. The number of carbonyl (C=O) groups excluding carboxylic acids is 1. The van der Waals surface area contributed by atoms with Gasteiger partial charge in [-0.25, -0.2) is 9.18 Å². The highest BCUT2D eigenvalue weighted by Crippen LogP contribution is 2.21. The van der Waals surface area contributed by atoms with Crippen molar-refractivity contribution < 1.29 is 13.7 Å². The second-order valence-corrected chi connectivity index (χ2v) is 7.86. The van der Waals surface area contributed by atoms with Gasteiger partial charge in [-0.1, -0.05) is 23.2 Å². The lowest BCUT2D eigenvalue weighted by atomic mass is 10.1. The first kappa shape index (κ1) is 21.3. The number of rotatable bonds is 6. The lowest BCUT2D eigenvalue weighted by molar-refractivity contribution is 0.223. The number of piperidine rings is 1. The summed E-state index contributed by atoms with van der Waals surface area (Å²) in [5.41, 5.74) is 1.77. The highest BCUT2D eigenvalue weighted by atomic mass is 35.5. The zero-order chi connectivity index (χ0) is 21.6. The molecule has 9 heteroatoms. The van der Waals surface area contributed by atoms with E-state index in [1.54, 1.807) is 12.1 Å². The number of urea groups is 1. The molecule has 162 valence electrons. The fourth-order valence-electron chi connectivity index (χ4n) is 3.48. The van der Waals surface area contributed by atoms with E-state index in [1.807, 2.05) is 12.1 Å². The van der Waals surface area contributed by atoms with E-state index < -0.39 is 11.8 Å². The molecule has 4 rings (SSSR count). The molecule has 0 atom stereocenters. The highest BCUT2D eigenvalue weighted by Gasteiger charge is 2.13. The van der Waals surface area contributed by atoms with Crippen LogP contribution in [-0.2, 0) is 6.42 Å². The minimum Gasteiger partial charge on any atom is -0.339 e. The van der Waals surface area contributed by atoms with Crippen LogP contribution in [0.25, 0.3) is 11.4 Å². The molecule has 2 N–H and O–H groups in total. The van der Waals surface area contributed by atoms with Crippen LogP contribution in [0.4, 0.5) is 20.6 Å². The SMILES string of the molecule is O=C(Nc1ccc(-c2noc(CCN3CCCCC3)n2)cc1)Nc1ccc(F)c(Cl)c1. The molecule has 1 fully saturated rings. The molecular formula is C22H23ClFN5O2. The summed E-state index contributed by atoms with van der Waals surface area (Å²) < 4.78 is 18.6. The Hall–Kier alpha value is -2.97. The summed E-state index contributed by atoms with van der Waals surface area (Å²) in [6.45, 7) is 3.20. The van der Waals surface area contributed by atoms with Gasteiger partial charge in [0.1, 0.15) is 5.82 Å². The summed E-state index contributed by atoms with van der Waals surface area (Å²) in [5.74, 6) is 0.602. The standard InChI is InChI=1S/C22H23ClFN5O2/c23-18-14-17(8-9-19(18)24)26-22(30)25-16-6-4-15(5-7-16)21-27-20(31-28-21)10-13-29-11-2-1-3-12-29/h4-9,14H,1-3,10-13H2,(H2,25,26,30). The third-order valence-electron chi connectivity index (χ3n) is 5.14. The highest BCUT2D eigenvalue weighted by molar-refractivity contribution is 6.31. The van der Waals surface area contributed by atoms with Crippen molar-refractivity contribution in [3.63, 3.8) is 0 Å². The van der Waals surface area contributed by atoms with Crippen LogP contribution in [-0.4, -0.2) is 40.7 Å². The number of anilines is 2. The second kappa shape index (κ2) is 9.89. The minimum atomic E-state index is -0.542. The molecule has 2 amide bonds. The summed E-state index contributed by atoms with van der Waals surface area (Å²) >= 11 is 5.73. The summed E-state index contributed by atoms with van der Waals surface area (Å²) in [6.07, 6.45) is 4.56. The molecule has 1 aliphatic heterocycles. The number of amides is 2. The van der Waals surface area contributed by atoms with Crippen LogP contribution >= 0.6 is 11.6 Å². The van der Waals surface area contributed by atoms with Crippen molar-refractivity contribution in [3.8, 4) is 11.4 Å². The number of halogens is 2. The number of benzene rings is 2. The Kier molecular flexibility index (Phi) is 6.79. The van der Waals surface area contributed by atoms with Gasteiger partial charge in [0.2, 0.25) is 11.7 Å². The molecule has 1 aromatic heterocycles. The van der Waals surface area contributed by atoms with Crippen molar-refractivity contribution in [1.29, 1.82) is 0 Å². The van der Waals surface area contributed by atoms with E-state index >= 15 is 0 Å². The number of nitrogens with zero attached hydrogens (tertiary/aromatic N) is 3. The minimum absolute atomic E-state index is 0.0578. The van der Waals surface area contributed by atoms with E-state index in [0.29, 0.717) is 23.1 Å². The van der Waals surface area contributed by atoms with Crippen molar-refractivity contribution in [2.45, 2.75) is 25.7 Å². The summed E-state index contributed by atoms with van der Waals surface area (Å²) in [5, 5.41) is 9.32. The number of hydrogen-bond acceptors (Lipinski definition) is 5. The lowest BCUT2D eigenvalue weighted by Gasteiger charge is -2.25. The monoisotopic (exact) mass is 443 g/mol. The average Bonchev–Trinajstić information content (AvgIpc) is 3.25. The zero-order valence-electron chi connectivity index (χ0n) is 16.9. The van der Waals surface area contributed by atoms with Gasteiger partial charge >= 0.3 is 6.03 Å². The number of aromatic nitrogens is 2. The van der Waals surface area contributed by atoms with Gasteiger partial charge < -0.3 is 20.1 Å². The molecule has 0 unspecified atom stereocenters. The van der Waals surface area contributed by atoms with Gasteiger partial charge in [0, 0.05) is 29.9 Å². The van der Waals surface area contributed by atoms with Crippen LogP contribution in [0.2, 0.25) is 5.02 Å². The van der Waals surface area contributed by atoms with Crippen molar-refractivity contribution in [2.75, 3.05) is 30.3 Å².